The van der Waals surface area contributed by atoms with Crippen LogP contribution in [0.15, 0.2) is 218 Å². The number of aromatic nitrogens is 6. The van der Waals surface area contributed by atoms with Gasteiger partial charge in [-0.05, 0) is 59.7 Å². The summed E-state index contributed by atoms with van der Waals surface area (Å²) in [7, 11) is 0. The molecule has 8 aromatic carbocycles. The third kappa shape index (κ3) is 6.04. The van der Waals surface area contributed by atoms with Gasteiger partial charge >= 0.3 is 0 Å². The van der Waals surface area contributed by atoms with Crippen molar-refractivity contribution in [2.24, 2.45) is 0 Å². The quantitative estimate of drug-likeness (QED) is 0.161. The average Bonchev–Trinajstić information content (AvgIpc) is 3.86. The minimum Gasteiger partial charge on any atom is -0.309 e. The van der Waals surface area contributed by atoms with E-state index in [0.717, 1.165) is 88.7 Å². The second-order valence-electron chi connectivity index (χ2n) is 15.5. The molecular formula is C56H36N6. The van der Waals surface area contributed by atoms with Crippen LogP contribution in [0.4, 0.5) is 0 Å². The van der Waals surface area contributed by atoms with Crippen molar-refractivity contribution in [1.82, 2.24) is 29.1 Å². The number of rotatable bonds is 7. The van der Waals surface area contributed by atoms with E-state index in [9.17, 15) is 0 Å². The normalized spacial score (nSPS) is 11.5. The summed E-state index contributed by atoms with van der Waals surface area (Å²) in [5.74, 6) is 1.82. The Bertz CT molecular complexity index is 3500. The number of fused-ring (bicyclic) bond motifs is 6. The Kier molecular flexibility index (Phi) is 8.38. The highest BCUT2D eigenvalue weighted by molar-refractivity contribution is 6.19. The van der Waals surface area contributed by atoms with Crippen molar-refractivity contribution in [3.05, 3.63) is 218 Å². The van der Waals surface area contributed by atoms with Gasteiger partial charge in [-0.1, -0.05) is 170 Å². The molecule has 0 aliphatic carbocycles. The number of pyridine rings is 1. The van der Waals surface area contributed by atoms with E-state index in [2.05, 4.69) is 155 Å². The first-order valence-electron chi connectivity index (χ1n) is 20.8. The predicted molar refractivity (Wildman–Crippen MR) is 253 cm³/mol. The number of hydrogen-bond donors (Lipinski definition) is 0. The van der Waals surface area contributed by atoms with E-state index in [1.165, 1.54) is 5.39 Å². The van der Waals surface area contributed by atoms with Gasteiger partial charge in [0.05, 0.1) is 33.5 Å². The lowest BCUT2D eigenvalue weighted by atomic mass is 9.99. The van der Waals surface area contributed by atoms with Gasteiger partial charge in [-0.2, -0.15) is 9.97 Å². The van der Waals surface area contributed by atoms with Gasteiger partial charge < -0.3 is 4.57 Å². The molecule has 6 heteroatoms. The Morgan fingerprint density at radius 3 is 1.23 bits per heavy atom. The second kappa shape index (κ2) is 14.7. The summed E-state index contributed by atoms with van der Waals surface area (Å²) < 4.78 is 4.61. The first-order valence-corrected chi connectivity index (χ1v) is 20.8. The number of benzene rings is 8. The fourth-order valence-corrected chi connectivity index (χ4v) is 8.86. The van der Waals surface area contributed by atoms with Crippen molar-refractivity contribution in [2.75, 3.05) is 0 Å². The van der Waals surface area contributed by atoms with Crippen LogP contribution < -0.4 is 0 Å². The SMILES string of the molecule is c1ccc(-c2cc(-c3cccc(-n4c5ccccc5c5cc6c(cc54)c4ccccc4n6-c4nc(-c5ccccc5)nc(-c5ccccc5)n4)c3)cc(-c3ccccc3)n2)cc1. The van der Waals surface area contributed by atoms with Gasteiger partial charge in [0, 0.05) is 49.5 Å². The van der Waals surface area contributed by atoms with E-state index in [-0.39, 0.29) is 0 Å². The molecule has 0 N–H and O–H groups in total. The molecule has 0 spiro atoms. The number of hydrogen-bond acceptors (Lipinski definition) is 4. The maximum atomic E-state index is 5.19. The minimum absolute atomic E-state index is 0.571. The molecule has 0 radical (unpaired) electrons. The van der Waals surface area contributed by atoms with Crippen LogP contribution in [0.1, 0.15) is 0 Å². The van der Waals surface area contributed by atoms with E-state index in [4.69, 9.17) is 19.9 Å². The zero-order chi connectivity index (χ0) is 41.0. The summed E-state index contributed by atoms with van der Waals surface area (Å²) in [5, 5.41) is 4.55. The standard InChI is InChI=1S/C56H36N6/c1-5-18-37(19-6-1)48-33-42(34-49(57-48)38-20-7-2-8-21-38)41-26-17-27-43(32-41)61-50-30-15-13-28-44(50)46-36-53-47(35-52(46)61)45-29-14-16-31-51(45)62(53)56-59-54(39-22-9-3-10-23-39)58-55(60-56)40-24-11-4-12-25-40/h1-36H. The van der Waals surface area contributed by atoms with Crippen molar-refractivity contribution in [3.63, 3.8) is 0 Å². The Labute approximate surface area is 357 Å². The van der Waals surface area contributed by atoms with Gasteiger partial charge in [-0.25, -0.2) is 9.97 Å². The van der Waals surface area contributed by atoms with Crippen molar-refractivity contribution < 1.29 is 0 Å². The first-order chi connectivity index (χ1) is 30.7. The van der Waals surface area contributed by atoms with E-state index in [1.54, 1.807) is 0 Å². The monoisotopic (exact) mass is 792 g/mol. The molecule has 0 aliphatic heterocycles. The molecule has 0 amide bonds. The van der Waals surface area contributed by atoms with E-state index >= 15 is 0 Å². The third-order valence-corrected chi connectivity index (χ3v) is 11.8. The highest BCUT2D eigenvalue weighted by Crippen LogP contribution is 2.40. The molecule has 12 rings (SSSR count). The van der Waals surface area contributed by atoms with Gasteiger partial charge in [-0.3, -0.25) is 4.57 Å². The van der Waals surface area contributed by atoms with Crippen LogP contribution in [0.25, 0.3) is 112 Å². The highest BCUT2D eigenvalue weighted by Gasteiger charge is 2.21. The highest BCUT2D eigenvalue weighted by atomic mass is 15.2. The Balaban J connectivity index is 1.08. The van der Waals surface area contributed by atoms with Gasteiger partial charge in [0.1, 0.15) is 0 Å². The van der Waals surface area contributed by atoms with Gasteiger partial charge in [-0.15, -0.1) is 0 Å². The molecule has 4 aromatic heterocycles. The van der Waals surface area contributed by atoms with Crippen LogP contribution in [-0.2, 0) is 0 Å². The van der Waals surface area contributed by atoms with Gasteiger partial charge in [0.15, 0.2) is 11.6 Å². The third-order valence-electron chi connectivity index (χ3n) is 11.8. The molecule has 290 valence electrons. The van der Waals surface area contributed by atoms with E-state index in [1.807, 2.05) is 72.8 Å². The smallest absolute Gasteiger partial charge is 0.238 e. The summed E-state index contributed by atoms with van der Waals surface area (Å²) >= 11 is 0. The van der Waals surface area contributed by atoms with Crippen LogP contribution in [-0.4, -0.2) is 29.1 Å². The van der Waals surface area contributed by atoms with Crippen molar-refractivity contribution in [3.8, 4) is 68.1 Å². The topological polar surface area (TPSA) is 61.4 Å². The summed E-state index contributed by atoms with van der Waals surface area (Å²) in [5.41, 5.74) is 13.5. The van der Waals surface area contributed by atoms with Crippen LogP contribution >= 0.6 is 0 Å². The zero-order valence-corrected chi connectivity index (χ0v) is 33.5. The predicted octanol–water partition coefficient (Wildman–Crippen LogP) is 13.8. The number of nitrogens with zero attached hydrogens (tertiary/aromatic N) is 6. The molecule has 4 heterocycles. The first kappa shape index (κ1) is 35.5. The molecule has 0 saturated heterocycles. The van der Waals surface area contributed by atoms with E-state index < -0.39 is 0 Å². The molecule has 0 atom stereocenters. The zero-order valence-electron chi connectivity index (χ0n) is 33.5. The van der Waals surface area contributed by atoms with Gasteiger partial charge in [0.25, 0.3) is 0 Å². The number of para-hydroxylation sites is 2. The largest absolute Gasteiger partial charge is 0.309 e. The molecule has 62 heavy (non-hydrogen) atoms. The van der Waals surface area contributed by atoms with Crippen LogP contribution in [0.3, 0.4) is 0 Å². The molecule has 0 bridgehead atoms. The second-order valence-corrected chi connectivity index (χ2v) is 15.5. The molecule has 0 unspecified atom stereocenters. The molecule has 6 nitrogen and oxygen atoms in total. The van der Waals surface area contributed by atoms with Crippen molar-refractivity contribution >= 4 is 43.6 Å². The Hall–Kier alpha value is -8.48. The molecule has 0 saturated carbocycles. The summed E-state index contributed by atoms with van der Waals surface area (Å²) in [4.78, 5) is 20.5. The Morgan fingerprint density at radius 1 is 0.258 bits per heavy atom. The minimum atomic E-state index is 0.571. The fraction of sp³-hybridized carbons (Fsp3) is 0. The Morgan fingerprint density at radius 2 is 0.694 bits per heavy atom. The lowest BCUT2D eigenvalue weighted by Crippen LogP contribution is -2.06. The molecule has 0 fully saturated rings. The molecule has 12 aromatic rings. The lowest BCUT2D eigenvalue weighted by Gasteiger charge is -2.13. The average molecular weight is 793 g/mol. The molecular weight excluding hydrogens is 757 g/mol. The maximum Gasteiger partial charge on any atom is 0.238 e. The lowest BCUT2D eigenvalue weighted by molar-refractivity contribution is 0.954. The van der Waals surface area contributed by atoms with Crippen molar-refractivity contribution in [1.29, 1.82) is 0 Å². The summed E-state index contributed by atoms with van der Waals surface area (Å²) in [6, 6.07) is 76.3. The summed E-state index contributed by atoms with van der Waals surface area (Å²) in [6.45, 7) is 0. The van der Waals surface area contributed by atoms with Gasteiger partial charge in [0.2, 0.25) is 5.95 Å². The van der Waals surface area contributed by atoms with E-state index in [0.29, 0.717) is 17.6 Å². The maximum absolute atomic E-state index is 5.19. The summed E-state index contributed by atoms with van der Waals surface area (Å²) in [6.07, 6.45) is 0. The molecule has 0 aliphatic rings. The van der Waals surface area contributed by atoms with Crippen LogP contribution in [0, 0.1) is 0 Å². The van der Waals surface area contributed by atoms with Crippen LogP contribution in [0.2, 0.25) is 0 Å². The van der Waals surface area contributed by atoms with Crippen molar-refractivity contribution in [2.45, 2.75) is 0 Å². The van der Waals surface area contributed by atoms with Crippen LogP contribution in [0.5, 0.6) is 0 Å². The fourth-order valence-electron chi connectivity index (χ4n) is 8.86.